The van der Waals surface area contributed by atoms with Crippen LogP contribution < -0.4 is 5.32 Å². The molecule has 1 saturated heterocycles. The second kappa shape index (κ2) is 10.6. The van der Waals surface area contributed by atoms with E-state index in [4.69, 9.17) is 4.74 Å². The fourth-order valence-electron chi connectivity index (χ4n) is 2.86. The molecule has 8 heteroatoms. The van der Waals surface area contributed by atoms with Gasteiger partial charge in [0.15, 0.2) is 0 Å². The summed E-state index contributed by atoms with van der Waals surface area (Å²) in [5.41, 5.74) is 0.947. The Kier molecular flexibility index (Phi) is 8.22. The first-order chi connectivity index (χ1) is 13.0. The number of carbonyl (C=O) groups excluding carboxylic acids is 3. The standard InChI is InChI=1S/C19H27N3O5/c1-26-13-3-8-20-17(23)14-21-9-11-22(12-10-21)18(24)15-4-6-16(7-5-15)19(25)27-2/h4-7H,3,8-14H2,1-2H3,(H,20,23). The van der Waals surface area contributed by atoms with Crippen LogP contribution in [0.5, 0.6) is 0 Å². The lowest BCUT2D eigenvalue weighted by Crippen LogP contribution is -2.51. The molecule has 1 aromatic carbocycles. The van der Waals surface area contributed by atoms with Gasteiger partial charge in [-0.1, -0.05) is 0 Å². The molecule has 1 aromatic rings. The van der Waals surface area contributed by atoms with Gasteiger partial charge in [-0.15, -0.1) is 0 Å². The van der Waals surface area contributed by atoms with Crippen molar-refractivity contribution in [3.63, 3.8) is 0 Å². The lowest BCUT2D eigenvalue weighted by Gasteiger charge is -2.34. The number of nitrogens with zero attached hydrogens (tertiary/aromatic N) is 2. The van der Waals surface area contributed by atoms with Gasteiger partial charge in [0.1, 0.15) is 0 Å². The van der Waals surface area contributed by atoms with Gasteiger partial charge < -0.3 is 19.7 Å². The predicted molar refractivity (Wildman–Crippen MR) is 99.6 cm³/mol. The Morgan fingerprint density at radius 2 is 1.63 bits per heavy atom. The van der Waals surface area contributed by atoms with Crippen molar-refractivity contribution in [2.45, 2.75) is 6.42 Å². The first kappa shape index (κ1) is 20.9. The normalized spacial score (nSPS) is 14.7. The van der Waals surface area contributed by atoms with Crippen molar-refractivity contribution in [3.8, 4) is 0 Å². The minimum absolute atomic E-state index is 0.00993. The first-order valence-electron chi connectivity index (χ1n) is 9.00. The van der Waals surface area contributed by atoms with Crippen LogP contribution in [0.1, 0.15) is 27.1 Å². The lowest BCUT2D eigenvalue weighted by molar-refractivity contribution is -0.122. The molecular weight excluding hydrogens is 350 g/mol. The molecule has 1 N–H and O–H groups in total. The molecule has 1 aliphatic rings. The van der Waals surface area contributed by atoms with Crippen molar-refractivity contribution in [1.82, 2.24) is 15.1 Å². The van der Waals surface area contributed by atoms with Gasteiger partial charge in [-0.2, -0.15) is 0 Å². The number of benzene rings is 1. The van der Waals surface area contributed by atoms with Gasteiger partial charge in [0, 0.05) is 52.0 Å². The van der Waals surface area contributed by atoms with Crippen LogP contribution in [0.4, 0.5) is 0 Å². The maximum Gasteiger partial charge on any atom is 0.337 e. The highest BCUT2D eigenvalue weighted by Crippen LogP contribution is 2.11. The van der Waals surface area contributed by atoms with Gasteiger partial charge in [0.05, 0.1) is 19.2 Å². The van der Waals surface area contributed by atoms with Crippen molar-refractivity contribution in [2.24, 2.45) is 0 Å². The van der Waals surface area contributed by atoms with Crippen LogP contribution in [0.2, 0.25) is 0 Å². The summed E-state index contributed by atoms with van der Waals surface area (Å²) in [7, 11) is 2.96. The molecule has 0 unspecified atom stereocenters. The number of methoxy groups -OCH3 is 2. The summed E-state index contributed by atoms with van der Waals surface area (Å²) in [6, 6.07) is 6.44. The minimum Gasteiger partial charge on any atom is -0.465 e. The second-order valence-corrected chi connectivity index (χ2v) is 6.33. The Morgan fingerprint density at radius 3 is 2.22 bits per heavy atom. The number of amides is 2. The molecule has 1 heterocycles. The van der Waals surface area contributed by atoms with Crippen LogP contribution in [0.25, 0.3) is 0 Å². The molecule has 27 heavy (non-hydrogen) atoms. The van der Waals surface area contributed by atoms with Crippen molar-refractivity contribution in [2.75, 3.05) is 60.1 Å². The van der Waals surface area contributed by atoms with E-state index in [0.717, 1.165) is 6.42 Å². The van der Waals surface area contributed by atoms with E-state index in [-0.39, 0.29) is 11.8 Å². The third-order valence-electron chi connectivity index (χ3n) is 4.43. The van der Waals surface area contributed by atoms with Crippen LogP contribution >= 0.6 is 0 Å². The topological polar surface area (TPSA) is 88.2 Å². The van der Waals surface area contributed by atoms with E-state index in [0.29, 0.717) is 57.0 Å². The number of nitrogens with one attached hydrogen (secondary N) is 1. The summed E-state index contributed by atoms with van der Waals surface area (Å²) in [4.78, 5) is 39.8. The van der Waals surface area contributed by atoms with E-state index in [2.05, 4.69) is 10.1 Å². The molecule has 0 aliphatic carbocycles. The fourth-order valence-corrected chi connectivity index (χ4v) is 2.86. The highest BCUT2D eigenvalue weighted by molar-refractivity contribution is 5.96. The zero-order valence-electron chi connectivity index (χ0n) is 15.9. The fraction of sp³-hybridized carbons (Fsp3) is 0.526. The van der Waals surface area contributed by atoms with Crippen molar-refractivity contribution < 1.29 is 23.9 Å². The third kappa shape index (κ3) is 6.33. The van der Waals surface area contributed by atoms with E-state index < -0.39 is 5.97 Å². The molecule has 0 spiro atoms. The molecule has 2 amide bonds. The SMILES string of the molecule is COCCCNC(=O)CN1CCN(C(=O)c2ccc(C(=O)OC)cc2)CC1. The number of piperazine rings is 1. The molecular formula is C19H27N3O5. The Hall–Kier alpha value is -2.45. The summed E-state index contributed by atoms with van der Waals surface area (Å²) in [6.07, 6.45) is 0.791. The number of esters is 1. The van der Waals surface area contributed by atoms with Gasteiger partial charge in [0.2, 0.25) is 5.91 Å². The van der Waals surface area contributed by atoms with Crippen LogP contribution in [-0.4, -0.2) is 87.7 Å². The summed E-state index contributed by atoms with van der Waals surface area (Å²) in [5, 5.41) is 2.86. The average Bonchev–Trinajstić information content (AvgIpc) is 2.71. The van der Waals surface area contributed by atoms with E-state index >= 15 is 0 Å². The average molecular weight is 377 g/mol. The smallest absolute Gasteiger partial charge is 0.337 e. The van der Waals surface area contributed by atoms with Crippen LogP contribution in [0, 0.1) is 0 Å². The predicted octanol–water partition coefficient (Wildman–Crippen LogP) is 0.384. The molecule has 0 aromatic heterocycles. The molecule has 1 aliphatic heterocycles. The van der Waals surface area contributed by atoms with Crippen LogP contribution in [0.15, 0.2) is 24.3 Å². The highest BCUT2D eigenvalue weighted by atomic mass is 16.5. The summed E-state index contributed by atoms with van der Waals surface area (Å²) < 4.78 is 9.60. The van der Waals surface area contributed by atoms with Crippen molar-refractivity contribution >= 4 is 17.8 Å². The van der Waals surface area contributed by atoms with Crippen LogP contribution in [-0.2, 0) is 14.3 Å². The Balaban J connectivity index is 1.77. The van der Waals surface area contributed by atoms with E-state index in [1.807, 2.05) is 4.90 Å². The summed E-state index contributed by atoms with van der Waals surface area (Å²) >= 11 is 0. The van der Waals surface area contributed by atoms with E-state index in [1.165, 1.54) is 7.11 Å². The van der Waals surface area contributed by atoms with Gasteiger partial charge in [-0.05, 0) is 30.7 Å². The molecule has 2 rings (SSSR count). The monoisotopic (exact) mass is 377 g/mol. The number of hydrogen-bond acceptors (Lipinski definition) is 6. The lowest BCUT2D eigenvalue weighted by atomic mass is 10.1. The Morgan fingerprint density at radius 1 is 1.00 bits per heavy atom. The molecule has 0 saturated carbocycles. The molecule has 0 radical (unpaired) electrons. The van der Waals surface area contributed by atoms with Crippen LogP contribution in [0.3, 0.4) is 0 Å². The third-order valence-corrected chi connectivity index (χ3v) is 4.43. The molecule has 148 valence electrons. The first-order valence-corrected chi connectivity index (χ1v) is 9.00. The maximum atomic E-state index is 12.6. The number of hydrogen-bond donors (Lipinski definition) is 1. The number of carbonyl (C=O) groups is 3. The van der Waals surface area contributed by atoms with Gasteiger partial charge >= 0.3 is 5.97 Å². The zero-order valence-corrected chi connectivity index (χ0v) is 15.9. The van der Waals surface area contributed by atoms with Crippen molar-refractivity contribution in [3.05, 3.63) is 35.4 Å². The van der Waals surface area contributed by atoms with E-state index in [9.17, 15) is 14.4 Å². The number of rotatable bonds is 8. The summed E-state index contributed by atoms with van der Waals surface area (Å²) in [6.45, 7) is 4.00. The number of ether oxygens (including phenoxy) is 2. The Bertz CT molecular complexity index is 639. The molecule has 8 nitrogen and oxygen atoms in total. The minimum atomic E-state index is -0.428. The van der Waals surface area contributed by atoms with Gasteiger partial charge in [-0.25, -0.2) is 4.79 Å². The maximum absolute atomic E-state index is 12.6. The zero-order chi connectivity index (χ0) is 19.6. The van der Waals surface area contributed by atoms with Gasteiger partial charge in [-0.3, -0.25) is 14.5 Å². The van der Waals surface area contributed by atoms with Gasteiger partial charge in [0.25, 0.3) is 5.91 Å². The molecule has 1 fully saturated rings. The second-order valence-electron chi connectivity index (χ2n) is 6.33. The summed E-state index contributed by atoms with van der Waals surface area (Å²) in [5.74, 6) is -0.512. The largest absolute Gasteiger partial charge is 0.465 e. The highest BCUT2D eigenvalue weighted by Gasteiger charge is 2.23. The quantitative estimate of drug-likeness (QED) is 0.521. The molecule has 0 bridgehead atoms. The van der Waals surface area contributed by atoms with E-state index in [1.54, 1.807) is 36.3 Å². The molecule has 0 atom stereocenters. The Labute approximate surface area is 159 Å². The van der Waals surface area contributed by atoms with Crippen molar-refractivity contribution in [1.29, 1.82) is 0 Å².